The van der Waals surface area contributed by atoms with Gasteiger partial charge in [0.1, 0.15) is 5.60 Å². The summed E-state index contributed by atoms with van der Waals surface area (Å²) in [5.74, 6) is 1.51. The number of halogens is 1. The van der Waals surface area contributed by atoms with E-state index in [9.17, 15) is 9.59 Å². The molecular weight excluding hydrogens is 440 g/mol. The molecule has 0 radical (unpaired) electrons. The lowest BCUT2D eigenvalue weighted by atomic mass is 9.96. The Morgan fingerprint density at radius 3 is 2.41 bits per heavy atom. The fourth-order valence-electron chi connectivity index (χ4n) is 3.85. The van der Waals surface area contributed by atoms with Crippen LogP contribution >= 0.6 is 15.9 Å². The van der Waals surface area contributed by atoms with Gasteiger partial charge in [0.25, 0.3) is 5.91 Å². The Labute approximate surface area is 180 Å². The van der Waals surface area contributed by atoms with Crippen LogP contribution < -0.4 is 9.47 Å². The van der Waals surface area contributed by atoms with Crippen LogP contribution in [0.3, 0.4) is 0 Å². The highest BCUT2D eigenvalue weighted by atomic mass is 79.9. The maximum Gasteiger partial charge on any atom is 0.410 e. The predicted molar refractivity (Wildman–Crippen MR) is 113 cm³/mol. The van der Waals surface area contributed by atoms with Gasteiger partial charge in [-0.15, -0.1) is 0 Å². The van der Waals surface area contributed by atoms with Crippen LogP contribution in [0.25, 0.3) is 0 Å². The average molecular weight is 469 g/mol. The molecule has 160 valence electrons. The van der Waals surface area contributed by atoms with Gasteiger partial charge in [0.2, 0.25) is 0 Å². The third-order valence-corrected chi connectivity index (χ3v) is 6.16. The quantitative estimate of drug-likeness (QED) is 0.665. The molecule has 0 N–H and O–H groups in total. The number of carbonyl (C=O) groups excluding carboxylic acids is 2. The fourth-order valence-corrected chi connectivity index (χ4v) is 4.55. The van der Waals surface area contributed by atoms with Gasteiger partial charge in [-0.2, -0.15) is 0 Å². The van der Waals surface area contributed by atoms with Crippen LogP contribution in [0.2, 0.25) is 0 Å². The SMILES string of the molecule is COc1cc2c(c(Br)c1OC)CN(CC1CCN(C(=O)OC(C)(C)C)CC1)C2=O. The number of hydrogen-bond acceptors (Lipinski definition) is 5. The molecule has 0 atom stereocenters. The Bertz CT molecular complexity index is 797. The maximum atomic E-state index is 12.9. The number of fused-ring (bicyclic) bond motifs is 1. The summed E-state index contributed by atoms with van der Waals surface area (Å²) in [6, 6.07) is 1.76. The van der Waals surface area contributed by atoms with Gasteiger partial charge < -0.3 is 24.0 Å². The smallest absolute Gasteiger partial charge is 0.410 e. The van der Waals surface area contributed by atoms with Crippen molar-refractivity contribution < 1.29 is 23.8 Å². The first-order valence-corrected chi connectivity index (χ1v) is 10.6. The molecule has 7 nitrogen and oxygen atoms in total. The van der Waals surface area contributed by atoms with Crippen molar-refractivity contribution >= 4 is 27.9 Å². The number of nitrogens with zero attached hydrogens (tertiary/aromatic N) is 2. The number of carbonyl (C=O) groups is 2. The molecule has 8 heteroatoms. The highest BCUT2D eigenvalue weighted by Crippen LogP contribution is 2.43. The van der Waals surface area contributed by atoms with Crippen molar-refractivity contribution in [2.24, 2.45) is 5.92 Å². The second-order valence-electron chi connectivity index (χ2n) is 8.55. The summed E-state index contributed by atoms with van der Waals surface area (Å²) in [4.78, 5) is 28.8. The molecule has 0 aromatic heterocycles. The molecule has 29 heavy (non-hydrogen) atoms. The van der Waals surface area contributed by atoms with E-state index < -0.39 is 5.60 Å². The minimum Gasteiger partial charge on any atom is -0.493 e. The van der Waals surface area contributed by atoms with Gasteiger partial charge in [-0.25, -0.2) is 4.79 Å². The number of hydrogen-bond donors (Lipinski definition) is 0. The molecule has 2 aliphatic heterocycles. The summed E-state index contributed by atoms with van der Waals surface area (Å²) < 4.78 is 17.0. The van der Waals surface area contributed by atoms with Gasteiger partial charge in [0.05, 0.1) is 18.7 Å². The molecule has 2 amide bonds. The molecule has 0 unspecified atom stereocenters. The summed E-state index contributed by atoms with van der Waals surface area (Å²) in [7, 11) is 3.15. The van der Waals surface area contributed by atoms with Crippen LogP contribution in [0.1, 0.15) is 49.5 Å². The lowest BCUT2D eigenvalue weighted by molar-refractivity contribution is 0.0167. The summed E-state index contributed by atoms with van der Waals surface area (Å²) in [5, 5.41) is 0. The molecule has 0 bridgehead atoms. The average Bonchev–Trinajstić information content (AvgIpc) is 2.97. The van der Waals surface area contributed by atoms with Crippen molar-refractivity contribution in [3.8, 4) is 11.5 Å². The lowest BCUT2D eigenvalue weighted by Gasteiger charge is -2.34. The van der Waals surface area contributed by atoms with Crippen LogP contribution in [0, 0.1) is 5.92 Å². The van der Waals surface area contributed by atoms with Gasteiger partial charge in [0, 0.05) is 37.3 Å². The van der Waals surface area contributed by atoms with E-state index >= 15 is 0 Å². The van der Waals surface area contributed by atoms with E-state index in [1.807, 2.05) is 25.7 Å². The molecule has 1 aromatic carbocycles. The Morgan fingerprint density at radius 2 is 1.86 bits per heavy atom. The van der Waals surface area contributed by atoms with E-state index in [1.165, 1.54) is 0 Å². The number of piperidine rings is 1. The summed E-state index contributed by atoms with van der Waals surface area (Å²) in [6.07, 6.45) is 1.45. The second kappa shape index (κ2) is 8.42. The molecule has 2 heterocycles. The maximum absolute atomic E-state index is 12.9. The van der Waals surface area contributed by atoms with Gasteiger partial charge in [-0.3, -0.25) is 4.79 Å². The Hall–Kier alpha value is -1.96. The van der Waals surface area contributed by atoms with E-state index in [2.05, 4.69) is 15.9 Å². The Morgan fingerprint density at radius 1 is 1.21 bits per heavy atom. The third-order valence-electron chi connectivity index (χ3n) is 5.32. The van der Waals surface area contributed by atoms with Crippen LogP contribution in [-0.4, -0.2) is 61.3 Å². The number of methoxy groups -OCH3 is 2. The molecule has 1 aromatic rings. The van der Waals surface area contributed by atoms with Gasteiger partial charge in [0.15, 0.2) is 11.5 Å². The number of ether oxygens (including phenoxy) is 3. The van der Waals surface area contributed by atoms with Gasteiger partial charge in [-0.05, 0) is 61.5 Å². The molecule has 3 rings (SSSR count). The highest BCUT2D eigenvalue weighted by Gasteiger charge is 2.35. The Balaban J connectivity index is 1.62. The molecule has 0 spiro atoms. The first-order chi connectivity index (χ1) is 13.6. The molecule has 1 fully saturated rings. The summed E-state index contributed by atoms with van der Waals surface area (Å²) in [5.41, 5.74) is 1.09. The topological polar surface area (TPSA) is 68.3 Å². The minimum absolute atomic E-state index is 0.0104. The number of amides is 2. The van der Waals surface area contributed by atoms with Crippen molar-refractivity contribution in [2.75, 3.05) is 33.9 Å². The van der Waals surface area contributed by atoms with Crippen molar-refractivity contribution in [2.45, 2.75) is 45.8 Å². The molecule has 0 saturated carbocycles. The first kappa shape index (κ1) is 21.7. The number of likely N-dealkylation sites (tertiary alicyclic amines) is 1. The zero-order chi connectivity index (χ0) is 21.3. The van der Waals surface area contributed by atoms with Crippen molar-refractivity contribution in [1.82, 2.24) is 9.80 Å². The predicted octanol–water partition coefficient (Wildman–Crippen LogP) is 4.07. The van der Waals surface area contributed by atoms with Crippen LogP contribution in [0.5, 0.6) is 11.5 Å². The zero-order valence-corrected chi connectivity index (χ0v) is 19.3. The highest BCUT2D eigenvalue weighted by molar-refractivity contribution is 9.10. The standard InChI is InChI=1S/C21H29BrN2O5/c1-21(2,3)29-20(26)23-8-6-13(7-9-23)11-24-12-15-14(19(24)25)10-16(27-4)18(28-5)17(15)22/h10,13H,6-9,11-12H2,1-5H3. The zero-order valence-electron chi connectivity index (χ0n) is 17.7. The van der Waals surface area contributed by atoms with Gasteiger partial charge >= 0.3 is 6.09 Å². The fraction of sp³-hybridized carbons (Fsp3) is 0.619. The molecular formula is C21H29BrN2O5. The minimum atomic E-state index is -0.489. The second-order valence-corrected chi connectivity index (χ2v) is 9.34. The summed E-state index contributed by atoms with van der Waals surface area (Å²) >= 11 is 3.57. The van der Waals surface area contributed by atoms with Crippen molar-refractivity contribution in [3.05, 3.63) is 21.7 Å². The molecule has 0 aliphatic carbocycles. The van der Waals surface area contributed by atoms with Gasteiger partial charge in [-0.1, -0.05) is 0 Å². The van der Waals surface area contributed by atoms with E-state index in [0.717, 1.165) is 22.9 Å². The first-order valence-electron chi connectivity index (χ1n) is 9.85. The Kier molecular flexibility index (Phi) is 6.31. The summed E-state index contributed by atoms with van der Waals surface area (Å²) in [6.45, 7) is 8.14. The van der Waals surface area contributed by atoms with Crippen LogP contribution in [-0.2, 0) is 11.3 Å². The monoisotopic (exact) mass is 468 g/mol. The van der Waals surface area contributed by atoms with Crippen molar-refractivity contribution in [1.29, 1.82) is 0 Å². The van der Waals surface area contributed by atoms with Crippen molar-refractivity contribution in [3.63, 3.8) is 0 Å². The number of rotatable bonds is 4. The van der Waals surface area contributed by atoms with E-state index in [-0.39, 0.29) is 12.0 Å². The largest absolute Gasteiger partial charge is 0.493 e. The third kappa shape index (κ3) is 4.63. The number of benzene rings is 1. The van der Waals surface area contributed by atoms with E-state index in [4.69, 9.17) is 14.2 Å². The van der Waals surface area contributed by atoms with Crippen LogP contribution in [0.4, 0.5) is 4.79 Å². The van der Waals surface area contributed by atoms with Crippen LogP contribution in [0.15, 0.2) is 10.5 Å². The normalized spacial score (nSPS) is 17.4. The molecule has 2 aliphatic rings. The molecule has 1 saturated heterocycles. The van der Waals surface area contributed by atoms with E-state index in [1.54, 1.807) is 25.2 Å². The lowest BCUT2D eigenvalue weighted by Crippen LogP contribution is -2.43. The van der Waals surface area contributed by atoms with E-state index in [0.29, 0.717) is 49.2 Å².